The van der Waals surface area contributed by atoms with Crippen LogP contribution in [0.25, 0.3) is 94.5 Å². The van der Waals surface area contributed by atoms with Gasteiger partial charge in [-0.2, -0.15) is 18.2 Å². The average Bonchev–Trinajstić information content (AvgIpc) is 1.59. The summed E-state index contributed by atoms with van der Waals surface area (Å²) in [5, 5.41) is -0.525. The second-order valence-corrected chi connectivity index (χ2v) is 26.8. The number of ether oxygens (including phenoxy) is 1. The zero-order valence-corrected chi connectivity index (χ0v) is 51.1. The smallest absolute Gasteiger partial charge is 0.268 e. The fourth-order valence-corrected chi connectivity index (χ4v) is 16.1. The maximum atomic E-state index is 10.1. The number of fused-ring (bicyclic) bond motifs is 10. The van der Waals surface area contributed by atoms with Crippen LogP contribution in [0.15, 0.2) is 267 Å². The summed E-state index contributed by atoms with van der Waals surface area (Å²) in [5.74, 6) is 1.11. The number of benzene rings is 11. The molecule has 0 aliphatic carbocycles. The van der Waals surface area contributed by atoms with Crippen LogP contribution in [-0.2, 0) is 31.9 Å². The van der Waals surface area contributed by atoms with Gasteiger partial charge in [0.2, 0.25) is 0 Å². The van der Waals surface area contributed by atoms with Crippen LogP contribution in [0.2, 0.25) is 0 Å². The Morgan fingerprint density at radius 1 is 0.494 bits per heavy atom. The predicted molar refractivity (Wildman–Crippen MR) is 356 cm³/mol. The topological polar surface area (TPSA) is 35.9 Å². The van der Waals surface area contributed by atoms with Crippen LogP contribution in [0.3, 0.4) is 0 Å². The van der Waals surface area contributed by atoms with Gasteiger partial charge in [0, 0.05) is 44.3 Å². The Morgan fingerprint density at radius 2 is 1.09 bits per heavy atom. The molecular weight excluding hydrogens is 1260 g/mol. The molecule has 0 unspecified atom stereocenters. The van der Waals surface area contributed by atoms with Crippen molar-refractivity contribution in [2.24, 2.45) is 0 Å². The number of aromatic nitrogens is 4. The largest absolute Gasteiger partial charge is 0.510 e. The Labute approximate surface area is 552 Å². The van der Waals surface area contributed by atoms with E-state index in [0.717, 1.165) is 27.4 Å². The van der Waals surface area contributed by atoms with Gasteiger partial charge < -0.3 is 13.9 Å². The SMILES string of the molecule is [2H]c1c([2H])c([2H])c(-c2cccc3c2-c2ccccc2-c2cc([Si](c4c([2H])c([2H])c([2H])c([2H])c4[2H])(c4c([2H])c([2H])c([2H])c([2H])c4[2H])c4c([2H])c([2H])c([2H])c([2H])c4[2H])cc4c2[n+]([c-]n4-c2[c-]c(Oc4[c-]c5c(cc4)c4ccccc4n5-c4cc(C(C)(C)C)ccn4)ccc2)-c2c-3cccc2C(C)(C)C)c([2H])c1[2H].[Pt]. The molecule has 87 heavy (non-hydrogen) atoms. The summed E-state index contributed by atoms with van der Waals surface area (Å²) in [7, 11) is -5.95. The Hall–Kier alpha value is -9.45. The first-order chi connectivity index (χ1) is 50.2. The minimum atomic E-state index is -5.95. The van der Waals surface area contributed by atoms with Gasteiger partial charge in [0.1, 0.15) is 5.82 Å². The van der Waals surface area contributed by atoms with E-state index in [2.05, 4.69) is 45.3 Å². The van der Waals surface area contributed by atoms with Crippen molar-refractivity contribution in [3.63, 3.8) is 0 Å². The Morgan fingerprint density at radius 3 is 1.78 bits per heavy atom. The fraction of sp³-hybridized carbons (Fsp3) is 0.100. The zero-order valence-electron chi connectivity index (χ0n) is 67.9. The number of hydrogen-bond donors (Lipinski definition) is 0. The standard InChI is InChI=1S/C80H62N4OSi.Pt/c1-79(2,3)55-46-47-81-75(48-55)84-72-43-22-21-37-65(72)66-45-44-58(50-73(66)84)85-57-29-23-28-56(49-57)82-53-83-77-69(41-25-42-71(77)80(4,5)6)68-40-24-39-63(54-26-11-7-12-27-54)76(68)67-38-20-19-36-64(67)70-51-62(52-74(82)78(70)83)86(59-30-13-8-14-31-59,60-32-15-9-16-33-60)61-34-17-10-18-35-61;/h7-48,51-52H,1-6H3;/q-2;/i7D,8D,9D,10D,11D,12D,13D,14D,15D,16D,17D,18D,26D,27D,30D,31D,32D,33D,34D,35D;. The van der Waals surface area contributed by atoms with Crippen LogP contribution in [-0.4, -0.2) is 22.2 Å². The molecule has 0 amide bonds. The van der Waals surface area contributed by atoms with Gasteiger partial charge in [0.25, 0.3) is 6.33 Å². The summed E-state index contributed by atoms with van der Waals surface area (Å²) in [5.41, 5.74) is 6.00. The monoisotopic (exact) mass is 1340 g/mol. The van der Waals surface area contributed by atoms with Gasteiger partial charge in [0.05, 0.1) is 44.1 Å². The van der Waals surface area contributed by atoms with Crippen LogP contribution in [0, 0.1) is 18.5 Å². The third kappa shape index (κ3) is 9.33. The Kier molecular flexibility index (Phi) is 9.32. The Balaban J connectivity index is 0.00000960. The minimum Gasteiger partial charge on any atom is -0.510 e. The van der Waals surface area contributed by atoms with Crippen molar-refractivity contribution in [1.82, 2.24) is 14.1 Å². The van der Waals surface area contributed by atoms with Crippen LogP contribution < -0.4 is 30.1 Å². The van der Waals surface area contributed by atoms with Crippen LogP contribution in [0.1, 0.15) is 80.1 Å². The summed E-state index contributed by atoms with van der Waals surface area (Å²) in [6.07, 6.45) is 5.50. The first kappa shape index (κ1) is 37.2. The molecule has 1 aliphatic heterocycles. The van der Waals surface area contributed by atoms with E-state index in [1.165, 1.54) is 6.07 Å². The van der Waals surface area contributed by atoms with E-state index in [1.54, 1.807) is 77.5 Å². The number of para-hydroxylation sites is 2. The molecule has 14 aromatic rings. The van der Waals surface area contributed by atoms with E-state index in [0.29, 0.717) is 50.4 Å². The predicted octanol–water partition coefficient (Wildman–Crippen LogP) is 16.5. The van der Waals surface area contributed by atoms with E-state index >= 15 is 0 Å². The molecule has 0 radical (unpaired) electrons. The minimum absolute atomic E-state index is 0. The molecule has 0 saturated heterocycles. The van der Waals surface area contributed by atoms with E-state index in [1.807, 2.05) is 90.6 Å². The van der Waals surface area contributed by atoms with Crippen LogP contribution >= 0.6 is 0 Å². The molecule has 0 atom stereocenters. The second kappa shape index (κ2) is 21.8. The van der Waals surface area contributed by atoms with Gasteiger partial charge in [0.15, 0.2) is 8.07 Å². The summed E-state index contributed by atoms with van der Waals surface area (Å²) in [4.78, 5) is 4.86. The van der Waals surface area contributed by atoms with Crippen molar-refractivity contribution in [3.05, 3.63) is 296 Å². The molecule has 0 saturated carbocycles. The van der Waals surface area contributed by atoms with Crippen molar-refractivity contribution in [2.75, 3.05) is 0 Å². The number of imidazole rings is 1. The third-order valence-electron chi connectivity index (χ3n) is 16.1. The normalized spacial score (nSPS) is 15.4. The maximum absolute atomic E-state index is 10.1. The van der Waals surface area contributed by atoms with Crippen LogP contribution in [0.4, 0.5) is 0 Å². The maximum Gasteiger partial charge on any atom is 0.268 e. The number of hydrogen-bond acceptors (Lipinski definition) is 2. The number of nitrogens with zero attached hydrogens (tertiary/aromatic N) is 4. The van der Waals surface area contributed by atoms with Crippen molar-refractivity contribution in [2.45, 2.75) is 52.4 Å². The number of pyridine rings is 1. The fourth-order valence-electron chi connectivity index (χ4n) is 12.2. The molecule has 0 fully saturated rings. The van der Waals surface area contributed by atoms with Crippen molar-refractivity contribution < 1.29 is 57.8 Å². The van der Waals surface area contributed by atoms with E-state index in [9.17, 15) is 19.2 Å². The van der Waals surface area contributed by atoms with Gasteiger partial charge in [-0.15, -0.1) is 29.7 Å². The summed E-state index contributed by atoms with van der Waals surface area (Å²) in [6.45, 7) is 12.5. The molecule has 3 aromatic heterocycles. The Bertz CT molecular complexity index is 5920. The number of rotatable bonds is 9. The summed E-state index contributed by atoms with van der Waals surface area (Å²) >= 11 is 0. The van der Waals surface area contributed by atoms with Crippen molar-refractivity contribution in [3.8, 4) is 73.2 Å². The van der Waals surface area contributed by atoms with Crippen molar-refractivity contribution >= 4 is 61.7 Å². The molecule has 424 valence electrons. The van der Waals surface area contributed by atoms with Gasteiger partial charge in [-0.3, -0.25) is 4.57 Å². The first-order valence-corrected chi connectivity index (χ1v) is 30.1. The molecule has 0 bridgehead atoms. The van der Waals surface area contributed by atoms with Gasteiger partial charge in [-0.1, -0.05) is 259 Å². The quantitative estimate of drug-likeness (QED) is 0.0625. The third-order valence-corrected chi connectivity index (χ3v) is 20.3. The second-order valence-electron chi connectivity index (χ2n) is 23.2. The average molecular weight is 1340 g/mol. The van der Waals surface area contributed by atoms with Crippen molar-refractivity contribution in [1.29, 1.82) is 0 Å². The molecule has 7 heteroatoms. The zero-order chi connectivity index (χ0) is 75.7. The summed E-state index contributed by atoms with van der Waals surface area (Å²) < 4.78 is 203. The van der Waals surface area contributed by atoms with Crippen LogP contribution in [0.5, 0.6) is 11.5 Å². The molecule has 5 nitrogen and oxygen atoms in total. The van der Waals surface area contributed by atoms with E-state index < -0.39 is 150 Å². The molecule has 4 heterocycles. The molecule has 15 rings (SSSR count). The summed E-state index contributed by atoms with van der Waals surface area (Å²) in [6, 6.07) is 32.2. The molecule has 11 aromatic carbocycles. The van der Waals surface area contributed by atoms with Gasteiger partial charge in [-0.05, 0) is 116 Å². The van der Waals surface area contributed by atoms with Gasteiger partial charge in [-0.25, -0.2) is 4.98 Å². The van der Waals surface area contributed by atoms with E-state index in [-0.39, 0.29) is 71.1 Å². The molecule has 0 spiro atoms. The van der Waals surface area contributed by atoms with E-state index in [4.69, 9.17) is 17.9 Å². The molecular formula is C80H62N4OPtSi-2. The first-order valence-electron chi connectivity index (χ1n) is 38.1. The van der Waals surface area contributed by atoms with Gasteiger partial charge >= 0.3 is 0 Å². The molecule has 0 N–H and O–H groups in total. The molecule has 1 aliphatic rings.